The van der Waals surface area contributed by atoms with Crippen LogP contribution in [0.1, 0.15) is 43.1 Å². The molecule has 3 heterocycles. The number of aromatic amines is 1. The lowest BCUT2D eigenvalue weighted by atomic mass is 9.93. The second-order valence-electron chi connectivity index (χ2n) is 7.26. The van der Waals surface area contributed by atoms with Crippen molar-refractivity contribution < 1.29 is 9.59 Å². The minimum atomic E-state index is -0.560. The maximum Gasteiger partial charge on any atom is 0.268 e. The first-order chi connectivity index (χ1) is 12.0. The summed E-state index contributed by atoms with van der Waals surface area (Å²) in [6.07, 6.45) is 6.37. The molecule has 2 amide bonds. The third-order valence-electron chi connectivity index (χ3n) is 5.53. The number of pyridine rings is 1. The minimum absolute atomic E-state index is 0.0175. The third-order valence-corrected chi connectivity index (χ3v) is 5.86. The van der Waals surface area contributed by atoms with Crippen LogP contribution < -0.4 is 5.32 Å². The van der Waals surface area contributed by atoms with Crippen LogP contribution >= 0.6 is 11.6 Å². The highest BCUT2D eigenvalue weighted by atomic mass is 35.5. The van der Waals surface area contributed by atoms with Crippen molar-refractivity contribution in [3.8, 4) is 0 Å². The molecule has 2 aromatic rings. The Labute approximate surface area is 150 Å². The van der Waals surface area contributed by atoms with Crippen LogP contribution in [-0.4, -0.2) is 45.8 Å². The van der Waals surface area contributed by atoms with E-state index in [1.165, 1.54) is 12.8 Å². The molecule has 1 aliphatic carbocycles. The summed E-state index contributed by atoms with van der Waals surface area (Å²) < 4.78 is 0. The topological polar surface area (TPSA) is 78.1 Å². The predicted octanol–water partition coefficient (Wildman–Crippen LogP) is 2.74. The number of piperidine rings is 1. The fourth-order valence-corrected chi connectivity index (χ4v) is 3.81. The van der Waals surface area contributed by atoms with Crippen LogP contribution in [0, 0.1) is 5.41 Å². The molecule has 2 N–H and O–H groups in total. The molecule has 132 valence electrons. The number of likely N-dealkylation sites (tertiary alicyclic amines) is 1. The first kappa shape index (κ1) is 16.4. The largest absolute Gasteiger partial charge is 0.341 e. The Morgan fingerprint density at radius 2 is 2.04 bits per heavy atom. The number of halogens is 1. The molecule has 1 saturated carbocycles. The lowest BCUT2D eigenvalue weighted by molar-refractivity contribution is -0.134. The van der Waals surface area contributed by atoms with Crippen molar-refractivity contribution in [3.05, 3.63) is 29.0 Å². The van der Waals surface area contributed by atoms with Gasteiger partial charge in [0.15, 0.2) is 0 Å². The number of rotatable bonds is 3. The number of H-pyrrole nitrogens is 1. The highest BCUT2D eigenvalue weighted by Crippen LogP contribution is 2.53. The molecule has 1 atom stereocenters. The van der Waals surface area contributed by atoms with E-state index in [1.54, 1.807) is 25.3 Å². The first-order valence-electron chi connectivity index (χ1n) is 8.70. The second-order valence-corrected chi connectivity index (χ2v) is 7.67. The normalized spacial score (nSPS) is 19.8. The van der Waals surface area contributed by atoms with Crippen LogP contribution in [0.25, 0.3) is 11.0 Å². The van der Waals surface area contributed by atoms with Gasteiger partial charge in [-0.05, 0) is 50.2 Å². The lowest BCUT2D eigenvalue weighted by Crippen LogP contribution is -2.49. The molecule has 2 fully saturated rings. The van der Waals surface area contributed by atoms with Gasteiger partial charge in [-0.25, -0.2) is 4.98 Å². The maximum absolute atomic E-state index is 12.6. The molecule has 1 spiro atoms. The van der Waals surface area contributed by atoms with E-state index in [1.807, 2.05) is 4.90 Å². The summed E-state index contributed by atoms with van der Waals surface area (Å²) in [5.74, 6) is -0.346. The van der Waals surface area contributed by atoms with Crippen molar-refractivity contribution in [1.82, 2.24) is 20.2 Å². The molecule has 0 radical (unpaired) electrons. The van der Waals surface area contributed by atoms with Gasteiger partial charge in [0.2, 0.25) is 5.91 Å². The Morgan fingerprint density at radius 1 is 1.32 bits per heavy atom. The van der Waals surface area contributed by atoms with Crippen molar-refractivity contribution >= 4 is 34.4 Å². The number of carbonyl (C=O) groups is 2. The van der Waals surface area contributed by atoms with Crippen molar-refractivity contribution in [2.24, 2.45) is 5.41 Å². The quantitative estimate of drug-likeness (QED) is 0.883. The standard InChI is InChI=1S/C18H21ClN4O2/c1-11(17(25)23-8-5-18(3-4-18)6-9-23)21-16(24)14-10-12-13(19)2-7-20-15(12)22-14/h2,7,10-11H,3-6,8-9H2,1H3,(H,20,22)(H,21,24)/t11-/m0/s1. The second kappa shape index (κ2) is 6.02. The Balaban J connectivity index is 1.40. The van der Waals surface area contributed by atoms with Gasteiger partial charge in [-0.15, -0.1) is 0 Å². The van der Waals surface area contributed by atoms with Gasteiger partial charge in [-0.1, -0.05) is 11.6 Å². The molecule has 25 heavy (non-hydrogen) atoms. The molecule has 4 rings (SSSR count). The SMILES string of the molecule is C[C@H](NC(=O)c1cc2c(Cl)ccnc2[nH]1)C(=O)N1CCC2(CC1)CC2. The van der Waals surface area contributed by atoms with Gasteiger partial charge < -0.3 is 15.2 Å². The smallest absolute Gasteiger partial charge is 0.268 e. The number of aromatic nitrogens is 2. The van der Waals surface area contributed by atoms with Gasteiger partial charge in [0, 0.05) is 24.7 Å². The highest BCUT2D eigenvalue weighted by molar-refractivity contribution is 6.35. The van der Waals surface area contributed by atoms with Gasteiger partial charge in [-0.2, -0.15) is 0 Å². The van der Waals surface area contributed by atoms with Crippen LogP contribution in [-0.2, 0) is 4.79 Å². The first-order valence-corrected chi connectivity index (χ1v) is 9.08. The van der Waals surface area contributed by atoms with Crippen LogP contribution in [0.3, 0.4) is 0 Å². The van der Waals surface area contributed by atoms with Crippen molar-refractivity contribution in [2.75, 3.05) is 13.1 Å². The summed E-state index contributed by atoms with van der Waals surface area (Å²) in [6.45, 7) is 3.32. The van der Waals surface area contributed by atoms with Gasteiger partial charge in [0.25, 0.3) is 5.91 Å². The molecule has 1 saturated heterocycles. The van der Waals surface area contributed by atoms with Crippen molar-refractivity contribution in [2.45, 2.75) is 38.6 Å². The summed E-state index contributed by atoms with van der Waals surface area (Å²) in [6, 6.07) is 2.78. The van der Waals surface area contributed by atoms with E-state index in [0.29, 0.717) is 27.2 Å². The number of hydrogen-bond donors (Lipinski definition) is 2. The fourth-order valence-electron chi connectivity index (χ4n) is 3.61. The Hall–Kier alpha value is -2.08. The molecule has 0 unspecified atom stereocenters. The summed E-state index contributed by atoms with van der Waals surface area (Å²) >= 11 is 6.11. The fraction of sp³-hybridized carbons (Fsp3) is 0.500. The maximum atomic E-state index is 12.6. The Bertz CT molecular complexity index is 833. The molecule has 7 heteroatoms. The number of nitrogens with zero attached hydrogens (tertiary/aromatic N) is 2. The summed E-state index contributed by atoms with van der Waals surface area (Å²) in [5.41, 5.74) is 1.44. The molecular weight excluding hydrogens is 340 g/mol. The summed E-state index contributed by atoms with van der Waals surface area (Å²) in [7, 11) is 0. The number of nitrogens with one attached hydrogen (secondary N) is 2. The monoisotopic (exact) mass is 360 g/mol. The number of carbonyl (C=O) groups excluding carboxylic acids is 2. The zero-order valence-corrected chi connectivity index (χ0v) is 14.9. The Morgan fingerprint density at radius 3 is 2.68 bits per heavy atom. The van der Waals surface area contributed by atoms with E-state index in [2.05, 4.69) is 15.3 Å². The van der Waals surface area contributed by atoms with E-state index in [4.69, 9.17) is 11.6 Å². The summed E-state index contributed by atoms with van der Waals surface area (Å²) in [5, 5.41) is 4.01. The molecule has 2 aromatic heterocycles. The van der Waals surface area contributed by atoms with Gasteiger partial charge >= 0.3 is 0 Å². The number of fused-ring (bicyclic) bond motifs is 1. The average Bonchev–Trinajstić information content (AvgIpc) is 3.20. The molecule has 0 bridgehead atoms. The third kappa shape index (κ3) is 3.11. The number of hydrogen-bond acceptors (Lipinski definition) is 3. The molecule has 2 aliphatic rings. The lowest BCUT2D eigenvalue weighted by Gasteiger charge is -2.33. The van der Waals surface area contributed by atoms with Crippen LogP contribution in [0.4, 0.5) is 0 Å². The van der Waals surface area contributed by atoms with Crippen LogP contribution in [0.2, 0.25) is 5.02 Å². The molecule has 0 aromatic carbocycles. The van der Waals surface area contributed by atoms with Gasteiger partial charge in [-0.3, -0.25) is 9.59 Å². The average molecular weight is 361 g/mol. The van der Waals surface area contributed by atoms with E-state index in [9.17, 15) is 9.59 Å². The van der Waals surface area contributed by atoms with E-state index < -0.39 is 6.04 Å². The summed E-state index contributed by atoms with van der Waals surface area (Å²) in [4.78, 5) is 34.0. The predicted molar refractivity (Wildman–Crippen MR) is 95.5 cm³/mol. The van der Waals surface area contributed by atoms with Gasteiger partial charge in [0.05, 0.1) is 5.02 Å². The van der Waals surface area contributed by atoms with Crippen LogP contribution in [0.5, 0.6) is 0 Å². The van der Waals surface area contributed by atoms with E-state index in [0.717, 1.165) is 25.9 Å². The van der Waals surface area contributed by atoms with E-state index >= 15 is 0 Å². The minimum Gasteiger partial charge on any atom is -0.341 e. The zero-order valence-electron chi connectivity index (χ0n) is 14.1. The van der Waals surface area contributed by atoms with Crippen molar-refractivity contribution in [3.63, 3.8) is 0 Å². The number of amides is 2. The Kier molecular flexibility index (Phi) is 3.95. The van der Waals surface area contributed by atoms with Crippen LogP contribution in [0.15, 0.2) is 18.3 Å². The molecular formula is C18H21ClN4O2. The molecule has 1 aliphatic heterocycles. The van der Waals surface area contributed by atoms with Crippen molar-refractivity contribution in [1.29, 1.82) is 0 Å². The molecule has 6 nitrogen and oxygen atoms in total. The van der Waals surface area contributed by atoms with Gasteiger partial charge in [0.1, 0.15) is 17.4 Å². The van der Waals surface area contributed by atoms with E-state index in [-0.39, 0.29) is 11.8 Å². The highest BCUT2D eigenvalue weighted by Gasteiger charge is 2.45. The zero-order chi connectivity index (χ0) is 17.6.